The first kappa shape index (κ1) is 47.4. The normalized spacial score (nSPS) is 15.6. The Labute approximate surface area is 439 Å². The molecule has 3 heterocycles. The molecule has 8 aromatic carbocycles. The second-order valence-electron chi connectivity index (χ2n) is 26.0. The van der Waals surface area contributed by atoms with Crippen LogP contribution in [0.4, 0.5) is 51.2 Å². The lowest BCUT2D eigenvalue weighted by atomic mass is 9.36. The number of thiophene rings is 1. The van der Waals surface area contributed by atoms with Gasteiger partial charge in [0.25, 0.3) is 6.71 Å². The van der Waals surface area contributed by atoms with E-state index in [9.17, 15) is 0 Å². The molecule has 2 aliphatic heterocycles. The van der Waals surface area contributed by atoms with Gasteiger partial charge in [0.05, 0.1) is 11.4 Å². The Morgan fingerprint density at radius 2 is 1.05 bits per heavy atom. The lowest BCUT2D eigenvalue weighted by molar-refractivity contribution is 0.403. The summed E-state index contributed by atoms with van der Waals surface area (Å²) in [7, 11) is 0. The van der Waals surface area contributed by atoms with Crippen LogP contribution in [0.3, 0.4) is 0 Å². The average molecular weight is 972 g/mol. The first-order valence-corrected chi connectivity index (χ1v) is 27.4. The highest BCUT2D eigenvalue weighted by molar-refractivity contribution is 7.33. The van der Waals surface area contributed by atoms with E-state index in [0.29, 0.717) is 0 Å². The Morgan fingerprint density at radius 1 is 0.493 bits per heavy atom. The molecule has 73 heavy (non-hydrogen) atoms. The minimum Gasteiger partial charge on any atom is -0.311 e. The number of anilines is 9. The van der Waals surface area contributed by atoms with Gasteiger partial charge in [0.15, 0.2) is 0 Å². The van der Waals surface area contributed by atoms with Gasteiger partial charge in [-0.1, -0.05) is 174 Å². The van der Waals surface area contributed by atoms with Gasteiger partial charge < -0.3 is 14.7 Å². The molecular weight excluding hydrogens is 902 g/mol. The molecule has 0 saturated heterocycles. The molecule has 0 radical (unpaired) electrons. The van der Waals surface area contributed by atoms with Crippen molar-refractivity contribution in [1.82, 2.24) is 0 Å². The third-order valence-corrected chi connectivity index (χ3v) is 17.7. The summed E-state index contributed by atoms with van der Waals surface area (Å²) in [5.41, 5.74) is 21.7. The summed E-state index contributed by atoms with van der Waals surface area (Å²) in [6, 6.07) is 61.6. The fourth-order valence-corrected chi connectivity index (χ4v) is 14.1. The zero-order valence-electron chi connectivity index (χ0n) is 45.5. The van der Waals surface area contributed by atoms with Crippen LogP contribution in [0.2, 0.25) is 0 Å². The molecule has 1 aliphatic carbocycles. The van der Waals surface area contributed by atoms with Crippen molar-refractivity contribution in [3.05, 3.63) is 191 Å². The fraction of sp³-hybridized carbons (Fsp3) is 0.294. The Balaban J connectivity index is 1.22. The molecular formula is C68H70BN3S. The van der Waals surface area contributed by atoms with Crippen LogP contribution >= 0.6 is 11.3 Å². The molecule has 0 bridgehead atoms. The molecule has 0 N–H and O–H groups in total. The third kappa shape index (κ3) is 7.74. The van der Waals surface area contributed by atoms with Crippen molar-refractivity contribution in [2.45, 2.75) is 130 Å². The number of benzene rings is 8. The van der Waals surface area contributed by atoms with Gasteiger partial charge >= 0.3 is 0 Å². The Hall–Kier alpha value is -6.56. The largest absolute Gasteiger partial charge is 0.311 e. The lowest BCUT2D eigenvalue weighted by Crippen LogP contribution is -2.60. The maximum Gasteiger partial charge on any atom is 0.264 e. The van der Waals surface area contributed by atoms with Crippen molar-refractivity contribution in [3.63, 3.8) is 0 Å². The van der Waals surface area contributed by atoms with Crippen molar-refractivity contribution in [2.75, 3.05) is 14.7 Å². The quantitative estimate of drug-likeness (QED) is 0.159. The van der Waals surface area contributed by atoms with E-state index in [1.165, 1.54) is 104 Å². The van der Waals surface area contributed by atoms with Crippen LogP contribution in [0.5, 0.6) is 0 Å². The number of hydrogen-bond acceptors (Lipinski definition) is 4. The average Bonchev–Trinajstić information content (AvgIpc) is 3.80. The van der Waals surface area contributed by atoms with Gasteiger partial charge in [0.1, 0.15) is 0 Å². The van der Waals surface area contributed by atoms with Crippen LogP contribution < -0.4 is 30.4 Å². The number of nitrogens with zero attached hydrogens (tertiary/aromatic N) is 3. The van der Waals surface area contributed by atoms with Gasteiger partial charge in [-0.3, -0.25) is 0 Å². The van der Waals surface area contributed by atoms with E-state index in [0.717, 1.165) is 23.5 Å². The van der Waals surface area contributed by atoms with E-state index in [1.54, 1.807) is 0 Å². The van der Waals surface area contributed by atoms with Crippen LogP contribution in [-0.4, -0.2) is 6.71 Å². The Kier molecular flexibility index (Phi) is 10.5. The summed E-state index contributed by atoms with van der Waals surface area (Å²) in [4.78, 5) is 7.80. The topological polar surface area (TPSA) is 9.72 Å². The summed E-state index contributed by atoms with van der Waals surface area (Å²) >= 11 is 1.98. The number of hydrogen-bond donors (Lipinski definition) is 0. The monoisotopic (exact) mass is 972 g/mol. The molecule has 0 saturated carbocycles. The molecule has 0 unspecified atom stereocenters. The predicted molar refractivity (Wildman–Crippen MR) is 320 cm³/mol. The smallest absolute Gasteiger partial charge is 0.264 e. The van der Waals surface area contributed by atoms with E-state index < -0.39 is 0 Å². The van der Waals surface area contributed by atoms with E-state index in [4.69, 9.17) is 0 Å². The Morgan fingerprint density at radius 3 is 1.70 bits per heavy atom. The van der Waals surface area contributed by atoms with Crippen molar-refractivity contribution in [3.8, 4) is 0 Å². The highest BCUT2D eigenvalue weighted by Crippen LogP contribution is 2.54. The summed E-state index contributed by atoms with van der Waals surface area (Å²) in [5, 5.41) is 3.77. The highest BCUT2D eigenvalue weighted by Gasteiger charge is 2.47. The minimum atomic E-state index is -0.0211. The van der Waals surface area contributed by atoms with Crippen LogP contribution in [0.1, 0.15) is 130 Å². The molecule has 366 valence electrons. The van der Waals surface area contributed by atoms with Gasteiger partial charge in [-0.2, -0.15) is 0 Å². The van der Waals surface area contributed by atoms with Crippen LogP contribution in [0, 0.1) is 6.92 Å². The molecule has 3 nitrogen and oxygen atoms in total. The lowest BCUT2D eigenvalue weighted by Gasteiger charge is -2.44. The number of fused-ring (bicyclic) bond motifs is 8. The predicted octanol–water partition coefficient (Wildman–Crippen LogP) is 17.8. The molecule has 3 aliphatic rings. The number of aryl methyl sites for hydroxylation is 1. The van der Waals surface area contributed by atoms with Crippen molar-refractivity contribution >= 4 is 106 Å². The third-order valence-electron chi connectivity index (χ3n) is 16.5. The summed E-state index contributed by atoms with van der Waals surface area (Å²) in [6.45, 7) is 32.9. The first-order valence-electron chi connectivity index (χ1n) is 26.6. The van der Waals surface area contributed by atoms with Gasteiger partial charge in [-0.05, 0) is 169 Å². The minimum absolute atomic E-state index is 0.00628. The molecule has 0 atom stereocenters. The molecule has 5 heteroatoms. The molecule has 9 aromatic rings. The van der Waals surface area contributed by atoms with Crippen LogP contribution in [0.15, 0.2) is 158 Å². The SMILES string of the molecule is Cc1ccc2c(c1)B1c3sc4ccc(C(C)(C)C)cc4c3N(c3ccc(C(C)(C)C)cc3)c3cc(N(c4ccc5c(c4)C(C)(C)CC5(C)C)c4ccc5ccccc5c4)cc(c31)N2c1ccc(C(C)(C)C)cc1. The molecule has 12 rings (SSSR count). The van der Waals surface area contributed by atoms with E-state index >= 15 is 0 Å². The van der Waals surface area contributed by atoms with Crippen molar-refractivity contribution in [2.24, 2.45) is 0 Å². The van der Waals surface area contributed by atoms with Crippen LogP contribution in [-0.2, 0) is 27.1 Å². The fourth-order valence-electron chi connectivity index (χ4n) is 12.8. The maximum absolute atomic E-state index is 2.65. The van der Waals surface area contributed by atoms with Crippen molar-refractivity contribution in [1.29, 1.82) is 0 Å². The highest BCUT2D eigenvalue weighted by atomic mass is 32.1. The van der Waals surface area contributed by atoms with Gasteiger partial charge in [-0.15, -0.1) is 11.3 Å². The zero-order chi connectivity index (χ0) is 51.3. The first-order chi connectivity index (χ1) is 34.5. The molecule has 0 amide bonds. The number of rotatable bonds is 5. The molecule has 0 spiro atoms. The van der Waals surface area contributed by atoms with Gasteiger partial charge in [-0.25, -0.2) is 0 Å². The molecule has 0 fully saturated rings. The summed E-state index contributed by atoms with van der Waals surface area (Å²) in [5.74, 6) is 0. The van der Waals surface area contributed by atoms with Crippen LogP contribution in [0.25, 0.3) is 20.9 Å². The van der Waals surface area contributed by atoms with Gasteiger partial charge in [0.2, 0.25) is 0 Å². The van der Waals surface area contributed by atoms with E-state index in [2.05, 4.69) is 269 Å². The maximum atomic E-state index is 2.65. The van der Waals surface area contributed by atoms with Gasteiger partial charge in [0, 0.05) is 54.7 Å². The second-order valence-corrected chi connectivity index (χ2v) is 27.1. The second kappa shape index (κ2) is 16.2. The summed E-state index contributed by atoms with van der Waals surface area (Å²) < 4.78 is 2.71. The molecule has 1 aromatic heterocycles. The van der Waals surface area contributed by atoms with E-state index in [-0.39, 0.29) is 33.8 Å². The van der Waals surface area contributed by atoms with E-state index in [1.807, 2.05) is 11.3 Å². The van der Waals surface area contributed by atoms with Crippen molar-refractivity contribution < 1.29 is 0 Å². The Bertz CT molecular complexity index is 3680. The zero-order valence-corrected chi connectivity index (χ0v) is 46.4. The standard InChI is InChI=1S/C68H70BN3S/c1-42-19-33-57-56(35-42)69-61-58(71(57)48-27-21-45(22-28-48)64(2,3)4)39-52(70(50-26-20-43-17-15-16-18-44(43)36-50)51-31-32-54-55(38-51)68(13,14)41-67(54,11)12)40-59(61)72(49-29-23-46(24-30-49)65(5,6)7)62-53-37-47(66(8,9)10)25-34-60(53)73-63(62)69/h15-40H,41H2,1-14H3. The summed E-state index contributed by atoms with van der Waals surface area (Å²) in [6.07, 6.45) is 1.11.